The maximum Gasteiger partial charge on any atom is 0.0467 e. The molecular weight excluding hydrogens is 599 g/mol. The predicted octanol–water partition coefficient (Wildman–Crippen LogP) is 13.7. The van der Waals surface area contributed by atoms with Gasteiger partial charge in [0, 0.05) is 37.2 Å². The van der Waals surface area contributed by atoms with Gasteiger partial charge in [-0.05, 0) is 98.8 Å². The Bertz CT molecular complexity index is 2530. The molecule has 0 bridgehead atoms. The third-order valence-corrected chi connectivity index (χ3v) is 10.4. The van der Waals surface area contributed by atoms with Crippen molar-refractivity contribution in [3.05, 3.63) is 188 Å². The third-order valence-electron chi connectivity index (χ3n) is 9.26. The zero-order valence-electron chi connectivity index (χ0n) is 26.3. The Kier molecular flexibility index (Phi) is 7.07. The van der Waals surface area contributed by atoms with E-state index in [9.17, 15) is 0 Å². The van der Waals surface area contributed by atoms with Crippen LogP contribution in [0.4, 0.5) is 17.1 Å². The van der Waals surface area contributed by atoms with Crippen molar-refractivity contribution in [1.29, 1.82) is 0 Å². The summed E-state index contributed by atoms with van der Waals surface area (Å²) in [6, 6.07) is 68.0. The van der Waals surface area contributed by atoms with Gasteiger partial charge in [0.1, 0.15) is 0 Å². The van der Waals surface area contributed by atoms with Gasteiger partial charge in [-0.2, -0.15) is 0 Å². The van der Waals surface area contributed by atoms with E-state index >= 15 is 0 Å². The monoisotopic (exact) mass is 629 g/mol. The molecule has 0 saturated carbocycles. The van der Waals surface area contributed by atoms with E-state index in [0.717, 1.165) is 17.1 Å². The van der Waals surface area contributed by atoms with Crippen molar-refractivity contribution < 1.29 is 0 Å². The first-order chi connectivity index (χ1) is 23.8. The van der Waals surface area contributed by atoms with Gasteiger partial charge < -0.3 is 4.90 Å². The normalized spacial score (nSPS) is 11.3. The zero-order valence-corrected chi connectivity index (χ0v) is 27.1. The van der Waals surface area contributed by atoms with Gasteiger partial charge in [0.25, 0.3) is 0 Å². The maximum atomic E-state index is 2.34. The average Bonchev–Trinajstić information content (AvgIpc) is 3.55. The Labute approximate surface area is 284 Å². The van der Waals surface area contributed by atoms with Gasteiger partial charge in [0.05, 0.1) is 0 Å². The summed E-state index contributed by atoms with van der Waals surface area (Å²) in [5.74, 6) is 0. The lowest BCUT2D eigenvalue weighted by Crippen LogP contribution is -2.09. The molecule has 0 aliphatic rings. The van der Waals surface area contributed by atoms with E-state index in [0.29, 0.717) is 0 Å². The number of benzene rings is 8. The highest BCUT2D eigenvalue weighted by Crippen LogP contribution is 2.41. The van der Waals surface area contributed by atoms with Gasteiger partial charge in [-0.3, -0.25) is 0 Å². The van der Waals surface area contributed by atoms with Gasteiger partial charge >= 0.3 is 0 Å². The standard InChI is InChI=1S/C46H31NS/c1-3-10-32(11-4-1)33-18-20-34(21-19-33)36-12-9-15-41(31-36)47(39-13-5-2-6-14-39)40-26-22-35(23-27-40)37-24-28-42-38(30-37)25-29-45-46(42)43-16-7-8-17-44(43)48-45/h1-31H. The molecule has 9 rings (SSSR count). The van der Waals surface area contributed by atoms with Crippen LogP contribution < -0.4 is 4.90 Å². The van der Waals surface area contributed by atoms with Crippen LogP contribution in [-0.2, 0) is 0 Å². The summed E-state index contributed by atoms with van der Waals surface area (Å²) in [6.45, 7) is 0. The molecule has 0 N–H and O–H groups in total. The number of anilines is 3. The van der Waals surface area contributed by atoms with Gasteiger partial charge in [-0.15, -0.1) is 11.3 Å². The van der Waals surface area contributed by atoms with Gasteiger partial charge in [-0.1, -0.05) is 133 Å². The van der Waals surface area contributed by atoms with Crippen LogP contribution in [0.3, 0.4) is 0 Å². The largest absolute Gasteiger partial charge is 0.310 e. The van der Waals surface area contributed by atoms with Crippen LogP contribution in [0, 0.1) is 0 Å². The lowest BCUT2D eigenvalue weighted by Gasteiger charge is -2.26. The van der Waals surface area contributed by atoms with Crippen molar-refractivity contribution in [3.8, 4) is 33.4 Å². The quantitative estimate of drug-likeness (QED) is 0.177. The van der Waals surface area contributed by atoms with E-state index in [4.69, 9.17) is 0 Å². The minimum absolute atomic E-state index is 1.12. The molecule has 1 aromatic heterocycles. The number of rotatable bonds is 6. The summed E-state index contributed by atoms with van der Waals surface area (Å²) in [6.07, 6.45) is 0. The van der Waals surface area contributed by atoms with Crippen molar-refractivity contribution in [2.24, 2.45) is 0 Å². The Morgan fingerprint density at radius 3 is 1.62 bits per heavy atom. The van der Waals surface area contributed by atoms with Crippen molar-refractivity contribution in [2.75, 3.05) is 4.90 Å². The van der Waals surface area contributed by atoms with Crippen LogP contribution in [0.5, 0.6) is 0 Å². The number of nitrogens with zero attached hydrogens (tertiary/aromatic N) is 1. The molecule has 48 heavy (non-hydrogen) atoms. The maximum absolute atomic E-state index is 2.34. The molecule has 1 heterocycles. The van der Waals surface area contributed by atoms with E-state index in [1.165, 1.54) is 64.3 Å². The Hall–Kier alpha value is -5.96. The topological polar surface area (TPSA) is 3.24 Å². The molecule has 0 radical (unpaired) electrons. The molecule has 0 aliphatic heterocycles. The fourth-order valence-electron chi connectivity index (χ4n) is 6.87. The number of hydrogen-bond donors (Lipinski definition) is 0. The van der Waals surface area contributed by atoms with Crippen molar-refractivity contribution in [3.63, 3.8) is 0 Å². The SMILES string of the molecule is c1ccc(-c2ccc(-c3cccc(N(c4ccccc4)c4ccc(-c5ccc6c(ccc7sc8ccccc8c76)c5)cc4)c3)cc2)cc1. The summed E-state index contributed by atoms with van der Waals surface area (Å²) in [5, 5.41) is 5.29. The van der Waals surface area contributed by atoms with E-state index in [2.05, 4.69) is 193 Å². The first-order valence-corrected chi connectivity index (χ1v) is 17.2. The predicted molar refractivity (Wildman–Crippen MR) is 208 cm³/mol. The number of thiophene rings is 1. The second-order valence-corrected chi connectivity index (χ2v) is 13.3. The third kappa shape index (κ3) is 5.13. The minimum atomic E-state index is 1.12. The van der Waals surface area contributed by atoms with Crippen molar-refractivity contribution in [1.82, 2.24) is 0 Å². The molecular formula is C46H31NS. The second-order valence-electron chi connectivity index (χ2n) is 12.2. The summed E-state index contributed by atoms with van der Waals surface area (Å²) in [5.41, 5.74) is 10.6. The lowest BCUT2D eigenvalue weighted by molar-refractivity contribution is 1.28. The molecule has 0 atom stereocenters. The van der Waals surface area contributed by atoms with Crippen molar-refractivity contribution >= 4 is 59.3 Å². The summed E-state index contributed by atoms with van der Waals surface area (Å²) in [4.78, 5) is 2.34. The molecule has 0 unspecified atom stereocenters. The van der Waals surface area contributed by atoms with Gasteiger partial charge in [-0.25, -0.2) is 0 Å². The fraction of sp³-hybridized carbons (Fsp3) is 0. The van der Waals surface area contributed by atoms with Crippen LogP contribution in [0.15, 0.2) is 188 Å². The molecule has 8 aromatic carbocycles. The molecule has 1 nitrogen and oxygen atoms in total. The molecule has 226 valence electrons. The minimum Gasteiger partial charge on any atom is -0.310 e. The molecule has 0 saturated heterocycles. The van der Waals surface area contributed by atoms with Crippen LogP contribution in [0.1, 0.15) is 0 Å². The highest BCUT2D eigenvalue weighted by Gasteiger charge is 2.14. The summed E-state index contributed by atoms with van der Waals surface area (Å²) >= 11 is 1.87. The van der Waals surface area contributed by atoms with Crippen molar-refractivity contribution in [2.45, 2.75) is 0 Å². The number of para-hydroxylation sites is 1. The average molecular weight is 630 g/mol. The van der Waals surface area contributed by atoms with E-state index in [1.807, 2.05) is 11.3 Å². The fourth-order valence-corrected chi connectivity index (χ4v) is 7.99. The molecule has 0 aliphatic carbocycles. The molecule has 0 spiro atoms. The smallest absolute Gasteiger partial charge is 0.0467 e. The van der Waals surface area contributed by atoms with Gasteiger partial charge in [0.15, 0.2) is 0 Å². The second kappa shape index (κ2) is 12.0. The Balaban J connectivity index is 1.06. The summed E-state index contributed by atoms with van der Waals surface area (Å²) < 4.78 is 2.68. The van der Waals surface area contributed by atoms with Crippen LogP contribution >= 0.6 is 11.3 Å². The number of fused-ring (bicyclic) bond motifs is 5. The zero-order chi connectivity index (χ0) is 31.9. The molecule has 2 heteroatoms. The molecule has 9 aromatic rings. The van der Waals surface area contributed by atoms with Gasteiger partial charge in [0.2, 0.25) is 0 Å². The van der Waals surface area contributed by atoms with Crippen LogP contribution in [-0.4, -0.2) is 0 Å². The number of hydrogen-bond acceptors (Lipinski definition) is 2. The Morgan fingerprint density at radius 2 is 0.854 bits per heavy atom. The molecule has 0 amide bonds. The van der Waals surface area contributed by atoms with Crippen LogP contribution in [0.2, 0.25) is 0 Å². The van der Waals surface area contributed by atoms with E-state index in [1.54, 1.807) is 0 Å². The Morgan fingerprint density at radius 1 is 0.312 bits per heavy atom. The van der Waals surface area contributed by atoms with E-state index < -0.39 is 0 Å². The first kappa shape index (κ1) is 28.3. The highest BCUT2D eigenvalue weighted by atomic mass is 32.1. The highest BCUT2D eigenvalue weighted by molar-refractivity contribution is 7.26. The summed E-state index contributed by atoms with van der Waals surface area (Å²) in [7, 11) is 0. The van der Waals surface area contributed by atoms with E-state index in [-0.39, 0.29) is 0 Å². The molecule has 0 fully saturated rings. The lowest BCUT2D eigenvalue weighted by atomic mass is 9.98. The first-order valence-electron chi connectivity index (χ1n) is 16.3. The van der Waals surface area contributed by atoms with Crippen LogP contribution in [0.25, 0.3) is 64.3 Å².